The molecule has 90 valence electrons. The summed E-state index contributed by atoms with van der Waals surface area (Å²) in [6.07, 6.45) is 1.51. The molecule has 17 heavy (non-hydrogen) atoms. The van der Waals surface area contributed by atoms with Crippen LogP contribution in [0.1, 0.15) is 17.8 Å². The van der Waals surface area contributed by atoms with Crippen molar-refractivity contribution in [2.45, 2.75) is 19.8 Å². The number of nitrogens with two attached hydrogens (primary N) is 1. The fraction of sp³-hybridized carbons (Fsp3) is 0.333. The molecule has 0 atom stereocenters. The van der Waals surface area contributed by atoms with Crippen molar-refractivity contribution in [3.63, 3.8) is 0 Å². The summed E-state index contributed by atoms with van der Waals surface area (Å²) in [5, 5.41) is 6.50. The van der Waals surface area contributed by atoms with Gasteiger partial charge in [-0.3, -0.25) is 0 Å². The van der Waals surface area contributed by atoms with Gasteiger partial charge in [-0.15, -0.1) is 0 Å². The predicted octanol–water partition coefficient (Wildman–Crippen LogP) is 0.760. The van der Waals surface area contributed by atoms with Crippen LogP contribution in [0.4, 0.5) is 0 Å². The van der Waals surface area contributed by atoms with E-state index >= 15 is 0 Å². The average molecular weight is 232 g/mol. The second-order valence-electron chi connectivity index (χ2n) is 4.01. The molecule has 3 N–H and O–H groups in total. The van der Waals surface area contributed by atoms with E-state index in [4.69, 9.17) is 5.73 Å². The quantitative estimate of drug-likeness (QED) is 0.817. The predicted molar refractivity (Wildman–Crippen MR) is 66.3 cm³/mol. The van der Waals surface area contributed by atoms with Gasteiger partial charge in [0.2, 0.25) is 0 Å². The van der Waals surface area contributed by atoms with E-state index in [-0.39, 0.29) is 5.69 Å². The van der Waals surface area contributed by atoms with Crippen LogP contribution < -0.4 is 11.4 Å². The highest BCUT2D eigenvalue weighted by molar-refractivity contribution is 5.34. The number of hydrogen-bond acceptors (Lipinski definition) is 3. The monoisotopic (exact) mass is 232 g/mol. The van der Waals surface area contributed by atoms with Gasteiger partial charge in [0, 0.05) is 6.42 Å². The summed E-state index contributed by atoms with van der Waals surface area (Å²) in [7, 11) is 0. The van der Waals surface area contributed by atoms with E-state index in [9.17, 15) is 4.79 Å². The summed E-state index contributed by atoms with van der Waals surface area (Å²) < 4.78 is 1.59. The number of nitrogens with one attached hydrogen (secondary N) is 1. The van der Waals surface area contributed by atoms with Crippen molar-refractivity contribution in [1.82, 2.24) is 14.8 Å². The Morgan fingerprint density at radius 1 is 1.35 bits per heavy atom. The van der Waals surface area contributed by atoms with Crippen LogP contribution in [0, 0.1) is 6.92 Å². The zero-order chi connectivity index (χ0) is 12.3. The molecule has 1 heterocycles. The van der Waals surface area contributed by atoms with Gasteiger partial charge < -0.3 is 5.73 Å². The lowest BCUT2D eigenvalue weighted by molar-refractivity contribution is 0.757. The highest BCUT2D eigenvalue weighted by atomic mass is 16.1. The van der Waals surface area contributed by atoms with Crippen molar-refractivity contribution in [2.75, 3.05) is 6.54 Å². The van der Waals surface area contributed by atoms with Crippen LogP contribution in [0.5, 0.6) is 0 Å². The molecule has 0 aliphatic rings. The van der Waals surface area contributed by atoms with Gasteiger partial charge in [0.15, 0.2) is 0 Å². The largest absolute Gasteiger partial charge is 0.347 e. The van der Waals surface area contributed by atoms with E-state index in [0.717, 1.165) is 23.5 Å². The number of aromatic nitrogens is 3. The lowest BCUT2D eigenvalue weighted by atomic mass is 10.2. The van der Waals surface area contributed by atoms with E-state index in [1.807, 2.05) is 31.2 Å². The van der Waals surface area contributed by atoms with E-state index < -0.39 is 0 Å². The fourth-order valence-corrected chi connectivity index (χ4v) is 1.72. The molecule has 2 rings (SSSR count). The molecule has 2 aromatic rings. The normalized spacial score (nSPS) is 10.7. The van der Waals surface area contributed by atoms with Crippen molar-refractivity contribution < 1.29 is 0 Å². The van der Waals surface area contributed by atoms with E-state index in [2.05, 4.69) is 10.2 Å². The number of rotatable bonds is 4. The number of aromatic amines is 1. The lowest BCUT2D eigenvalue weighted by Crippen LogP contribution is -2.17. The Bertz CT molecular complexity index is 538. The maximum absolute atomic E-state index is 11.7. The van der Waals surface area contributed by atoms with Crippen LogP contribution in [-0.4, -0.2) is 21.3 Å². The molecule has 0 aliphatic carbocycles. The number of H-pyrrole nitrogens is 1. The van der Waals surface area contributed by atoms with E-state index in [1.165, 1.54) is 0 Å². The third-order valence-corrected chi connectivity index (χ3v) is 2.64. The van der Waals surface area contributed by atoms with Crippen molar-refractivity contribution in [2.24, 2.45) is 5.73 Å². The summed E-state index contributed by atoms with van der Waals surface area (Å²) in [5.41, 5.74) is 7.25. The second kappa shape index (κ2) is 4.97. The maximum Gasteiger partial charge on any atom is 0.347 e. The number of aryl methyl sites for hydroxylation is 2. The summed E-state index contributed by atoms with van der Waals surface area (Å²) in [4.78, 5) is 11.7. The number of nitrogens with zero attached hydrogens (tertiary/aromatic N) is 2. The molecule has 0 saturated carbocycles. The molecule has 1 aromatic heterocycles. The first-order chi connectivity index (χ1) is 8.22. The number of benzene rings is 1. The van der Waals surface area contributed by atoms with Crippen molar-refractivity contribution in [1.29, 1.82) is 0 Å². The molecule has 0 unspecified atom stereocenters. The van der Waals surface area contributed by atoms with Crippen LogP contribution >= 0.6 is 0 Å². The van der Waals surface area contributed by atoms with Crippen LogP contribution in [-0.2, 0) is 6.42 Å². The fourth-order valence-electron chi connectivity index (χ4n) is 1.72. The Morgan fingerprint density at radius 3 is 2.71 bits per heavy atom. The molecule has 0 radical (unpaired) electrons. The first kappa shape index (κ1) is 11.6. The van der Waals surface area contributed by atoms with Crippen LogP contribution in [0.2, 0.25) is 0 Å². The summed E-state index contributed by atoms with van der Waals surface area (Å²) in [6.45, 7) is 2.60. The number of hydrogen-bond donors (Lipinski definition) is 2. The third-order valence-electron chi connectivity index (χ3n) is 2.64. The first-order valence-corrected chi connectivity index (χ1v) is 5.66. The van der Waals surface area contributed by atoms with E-state index in [1.54, 1.807) is 4.57 Å². The molecule has 1 aromatic carbocycles. The molecular weight excluding hydrogens is 216 g/mol. The van der Waals surface area contributed by atoms with Gasteiger partial charge in [0.1, 0.15) is 5.82 Å². The molecular formula is C12H16N4O. The summed E-state index contributed by atoms with van der Waals surface area (Å²) >= 11 is 0. The Balaban J connectivity index is 2.39. The van der Waals surface area contributed by atoms with Crippen LogP contribution in [0.25, 0.3) is 5.69 Å². The Labute approximate surface area is 99.3 Å². The first-order valence-electron chi connectivity index (χ1n) is 5.66. The zero-order valence-electron chi connectivity index (χ0n) is 9.81. The Hall–Kier alpha value is -1.88. The van der Waals surface area contributed by atoms with Gasteiger partial charge in [-0.2, -0.15) is 5.10 Å². The van der Waals surface area contributed by atoms with Crippen molar-refractivity contribution >= 4 is 0 Å². The van der Waals surface area contributed by atoms with Crippen LogP contribution in [0.15, 0.2) is 29.1 Å². The second-order valence-corrected chi connectivity index (χ2v) is 4.01. The zero-order valence-corrected chi connectivity index (χ0v) is 9.81. The molecule has 0 aliphatic heterocycles. The highest BCUT2D eigenvalue weighted by Gasteiger charge is 2.09. The molecule has 0 saturated heterocycles. The van der Waals surface area contributed by atoms with Gasteiger partial charge in [0.05, 0.1) is 5.69 Å². The Kier molecular flexibility index (Phi) is 3.39. The summed E-state index contributed by atoms with van der Waals surface area (Å²) in [5.74, 6) is 0.726. The molecule has 0 spiro atoms. The maximum atomic E-state index is 11.7. The lowest BCUT2D eigenvalue weighted by Gasteiger charge is -2.05. The minimum absolute atomic E-state index is 0.208. The van der Waals surface area contributed by atoms with Crippen LogP contribution in [0.3, 0.4) is 0 Å². The standard InChI is InChI=1S/C12H16N4O/c1-9-4-6-10(7-5-9)16-11(3-2-8-13)14-15-12(16)17/h4-7H,2-3,8,13H2,1H3,(H,15,17). The minimum atomic E-state index is -0.208. The van der Waals surface area contributed by atoms with Gasteiger partial charge >= 0.3 is 5.69 Å². The minimum Gasteiger partial charge on any atom is -0.330 e. The molecule has 5 heteroatoms. The highest BCUT2D eigenvalue weighted by Crippen LogP contribution is 2.09. The van der Waals surface area contributed by atoms with Gasteiger partial charge in [-0.05, 0) is 32.0 Å². The van der Waals surface area contributed by atoms with Gasteiger partial charge in [-0.1, -0.05) is 17.7 Å². The molecule has 0 amide bonds. The molecule has 0 bridgehead atoms. The third kappa shape index (κ3) is 2.45. The topological polar surface area (TPSA) is 76.7 Å². The smallest absolute Gasteiger partial charge is 0.330 e. The molecule has 5 nitrogen and oxygen atoms in total. The van der Waals surface area contributed by atoms with Crippen molar-refractivity contribution in [3.05, 3.63) is 46.1 Å². The Morgan fingerprint density at radius 2 is 2.06 bits per heavy atom. The van der Waals surface area contributed by atoms with Gasteiger partial charge in [0.25, 0.3) is 0 Å². The summed E-state index contributed by atoms with van der Waals surface area (Å²) in [6, 6.07) is 7.78. The SMILES string of the molecule is Cc1ccc(-n2c(CCCN)n[nH]c2=O)cc1. The van der Waals surface area contributed by atoms with Crippen molar-refractivity contribution in [3.8, 4) is 5.69 Å². The van der Waals surface area contributed by atoms with Gasteiger partial charge in [-0.25, -0.2) is 14.5 Å². The molecule has 0 fully saturated rings. The van der Waals surface area contributed by atoms with E-state index in [0.29, 0.717) is 13.0 Å². The average Bonchev–Trinajstić information content (AvgIpc) is 2.69.